The Kier molecular flexibility index (Phi) is 5.01. The average molecular weight is 410 g/mol. The zero-order valence-electron chi connectivity index (χ0n) is 15.9. The van der Waals surface area contributed by atoms with Crippen LogP contribution in [-0.4, -0.2) is 22.8 Å². The van der Waals surface area contributed by atoms with E-state index in [1.807, 2.05) is 31.2 Å². The third kappa shape index (κ3) is 3.47. The number of hydrogen-bond acceptors (Lipinski definition) is 3. The second kappa shape index (κ2) is 7.48. The number of anilines is 1. The first-order valence-corrected chi connectivity index (χ1v) is 9.93. The lowest BCUT2D eigenvalue weighted by atomic mass is 9.77. The van der Waals surface area contributed by atoms with Gasteiger partial charge in [-0.2, -0.15) is 0 Å². The number of amides is 1. The Labute approximate surface area is 173 Å². The number of aryl methyl sites for hydroxylation is 1. The number of benzene rings is 2. The van der Waals surface area contributed by atoms with Crippen LogP contribution in [0.5, 0.6) is 0 Å². The van der Waals surface area contributed by atoms with Crippen LogP contribution in [0.4, 0.5) is 5.69 Å². The number of halogens is 1. The van der Waals surface area contributed by atoms with E-state index in [2.05, 4.69) is 0 Å². The van der Waals surface area contributed by atoms with Gasteiger partial charge in [0.1, 0.15) is 0 Å². The molecule has 29 heavy (non-hydrogen) atoms. The van der Waals surface area contributed by atoms with Crippen LogP contribution in [-0.2, 0) is 9.59 Å². The van der Waals surface area contributed by atoms with Crippen molar-refractivity contribution in [3.8, 4) is 0 Å². The fourth-order valence-corrected chi connectivity index (χ4v) is 4.46. The van der Waals surface area contributed by atoms with Gasteiger partial charge in [-0.1, -0.05) is 41.4 Å². The summed E-state index contributed by atoms with van der Waals surface area (Å²) in [6.45, 7) is 1.98. The second-order valence-corrected chi connectivity index (χ2v) is 7.92. The summed E-state index contributed by atoms with van der Waals surface area (Å²) >= 11 is 6.35. The van der Waals surface area contributed by atoms with E-state index in [0.717, 1.165) is 11.1 Å². The van der Waals surface area contributed by atoms with Crippen LogP contribution in [0.2, 0.25) is 5.02 Å². The molecule has 6 heteroatoms. The summed E-state index contributed by atoms with van der Waals surface area (Å²) in [7, 11) is 0. The van der Waals surface area contributed by atoms with Crippen LogP contribution in [0.1, 0.15) is 53.1 Å². The van der Waals surface area contributed by atoms with Gasteiger partial charge in [-0.25, -0.2) is 4.79 Å². The van der Waals surface area contributed by atoms with Gasteiger partial charge in [0.25, 0.3) is 0 Å². The monoisotopic (exact) mass is 409 g/mol. The van der Waals surface area contributed by atoms with Crippen LogP contribution in [0.15, 0.2) is 53.7 Å². The van der Waals surface area contributed by atoms with Crippen LogP contribution in [0, 0.1) is 6.92 Å². The summed E-state index contributed by atoms with van der Waals surface area (Å²) in [5, 5.41) is 9.62. The SMILES string of the molecule is Cc1cccc(C2CC(=O)N(c3cc(C(=O)O)ccc3Cl)C3=C2C(=O)CCC3)c1. The third-order valence-electron chi connectivity index (χ3n) is 5.55. The van der Waals surface area contributed by atoms with Crippen LogP contribution in [0.25, 0.3) is 0 Å². The Hall–Kier alpha value is -2.92. The summed E-state index contributed by atoms with van der Waals surface area (Å²) in [6.07, 6.45) is 1.81. The van der Waals surface area contributed by atoms with E-state index in [4.69, 9.17) is 11.6 Å². The molecule has 0 aromatic heterocycles. The molecule has 0 saturated carbocycles. The predicted molar refractivity (Wildman–Crippen MR) is 110 cm³/mol. The second-order valence-electron chi connectivity index (χ2n) is 7.51. The van der Waals surface area contributed by atoms with Crippen molar-refractivity contribution in [1.29, 1.82) is 0 Å². The minimum Gasteiger partial charge on any atom is -0.478 e. The van der Waals surface area contributed by atoms with Crippen molar-refractivity contribution in [2.45, 2.75) is 38.5 Å². The van der Waals surface area contributed by atoms with Gasteiger partial charge in [0.05, 0.1) is 16.3 Å². The number of hydrogen-bond donors (Lipinski definition) is 1. The lowest BCUT2D eigenvalue weighted by molar-refractivity contribution is -0.119. The topological polar surface area (TPSA) is 74.7 Å². The Balaban J connectivity index is 1.89. The van der Waals surface area contributed by atoms with Crippen molar-refractivity contribution in [3.05, 3.63) is 75.4 Å². The molecule has 5 nitrogen and oxygen atoms in total. The number of carbonyl (C=O) groups excluding carboxylic acids is 2. The summed E-state index contributed by atoms with van der Waals surface area (Å²) in [5.41, 5.74) is 3.68. The number of carboxylic acid groups (broad SMARTS) is 1. The van der Waals surface area contributed by atoms with Gasteiger partial charge in [0.2, 0.25) is 5.91 Å². The highest BCUT2D eigenvalue weighted by molar-refractivity contribution is 6.34. The fraction of sp³-hybridized carbons (Fsp3) is 0.261. The van der Waals surface area contributed by atoms with Gasteiger partial charge in [0, 0.05) is 30.0 Å². The van der Waals surface area contributed by atoms with E-state index in [1.165, 1.54) is 23.1 Å². The number of carboxylic acids is 1. The first kappa shape index (κ1) is 19.4. The average Bonchev–Trinajstić information content (AvgIpc) is 2.68. The van der Waals surface area contributed by atoms with Crippen LogP contribution >= 0.6 is 11.6 Å². The van der Waals surface area contributed by atoms with Crippen molar-refractivity contribution in [1.82, 2.24) is 0 Å². The molecule has 1 heterocycles. The quantitative estimate of drug-likeness (QED) is 0.784. The highest BCUT2D eigenvalue weighted by Crippen LogP contribution is 2.45. The van der Waals surface area contributed by atoms with Gasteiger partial charge in [-0.05, 0) is 43.5 Å². The zero-order valence-corrected chi connectivity index (χ0v) is 16.7. The lowest BCUT2D eigenvalue weighted by Crippen LogP contribution is -2.40. The van der Waals surface area contributed by atoms with E-state index < -0.39 is 5.97 Å². The maximum absolute atomic E-state index is 13.2. The van der Waals surface area contributed by atoms with Gasteiger partial charge < -0.3 is 5.11 Å². The van der Waals surface area contributed by atoms with Gasteiger partial charge in [-0.15, -0.1) is 0 Å². The molecule has 0 saturated heterocycles. The summed E-state index contributed by atoms with van der Waals surface area (Å²) in [6, 6.07) is 12.2. The molecule has 0 bridgehead atoms. The van der Waals surface area contributed by atoms with Crippen molar-refractivity contribution >= 4 is 34.9 Å². The minimum atomic E-state index is -1.10. The lowest BCUT2D eigenvalue weighted by Gasteiger charge is -2.38. The van der Waals surface area contributed by atoms with Crippen molar-refractivity contribution < 1.29 is 19.5 Å². The number of nitrogens with zero attached hydrogens (tertiary/aromatic N) is 1. The number of Topliss-reactive ketones (excluding diaryl/α,β-unsaturated/α-hetero) is 1. The first-order chi connectivity index (χ1) is 13.9. The van der Waals surface area contributed by atoms with E-state index in [-0.39, 0.29) is 34.6 Å². The Morgan fingerprint density at radius 2 is 1.93 bits per heavy atom. The number of rotatable bonds is 3. The number of ketones is 1. The van der Waals surface area contributed by atoms with E-state index in [0.29, 0.717) is 36.2 Å². The molecule has 2 aromatic rings. The van der Waals surface area contributed by atoms with Gasteiger partial charge in [-0.3, -0.25) is 14.5 Å². The largest absolute Gasteiger partial charge is 0.478 e. The van der Waals surface area contributed by atoms with Crippen molar-refractivity contribution in [3.63, 3.8) is 0 Å². The van der Waals surface area contributed by atoms with Gasteiger partial charge >= 0.3 is 5.97 Å². The van der Waals surface area contributed by atoms with Crippen LogP contribution < -0.4 is 4.90 Å². The molecule has 1 amide bonds. The summed E-state index contributed by atoms with van der Waals surface area (Å²) in [5.74, 6) is -1.53. The molecular weight excluding hydrogens is 390 g/mol. The molecule has 1 unspecified atom stereocenters. The minimum absolute atomic E-state index is 0.0424. The van der Waals surface area contributed by atoms with E-state index in [1.54, 1.807) is 0 Å². The molecule has 2 aromatic carbocycles. The Morgan fingerprint density at radius 3 is 2.66 bits per heavy atom. The molecule has 1 atom stereocenters. The van der Waals surface area contributed by atoms with Crippen molar-refractivity contribution in [2.24, 2.45) is 0 Å². The van der Waals surface area contributed by atoms with Gasteiger partial charge in [0.15, 0.2) is 5.78 Å². The predicted octanol–water partition coefficient (Wildman–Crippen LogP) is 4.87. The molecule has 0 spiro atoms. The number of aromatic carboxylic acids is 1. The number of allylic oxidation sites excluding steroid dienone is 2. The standard InChI is InChI=1S/C23H20ClNO4/c1-13-4-2-5-14(10-13)16-12-21(27)25(18-6-3-7-20(26)22(16)18)19-11-15(23(28)29)8-9-17(19)24/h2,4-5,8-11,16H,3,6-7,12H2,1H3,(H,28,29). The molecule has 1 aliphatic carbocycles. The maximum atomic E-state index is 13.2. The third-order valence-corrected chi connectivity index (χ3v) is 5.87. The normalized spacial score (nSPS) is 19.4. The Morgan fingerprint density at radius 1 is 1.14 bits per heavy atom. The van der Waals surface area contributed by atoms with E-state index in [9.17, 15) is 19.5 Å². The highest BCUT2D eigenvalue weighted by atomic mass is 35.5. The highest BCUT2D eigenvalue weighted by Gasteiger charge is 2.40. The molecule has 1 N–H and O–H groups in total. The molecule has 4 rings (SSSR count). The molecule has 1 aliphatic heterocycles. The molecule has 0 fully saturated rings. The first-order valence-electron chi connectivity index (χ1n) is 9.55. The summed E-state index contributed by atoms with van der Waals surface area (Å²) in [4.78, 5) is 39.0. The van der Waals surface area contributed by atoms with Crippen molar-refractivity contribution in [2.75, 3.05) is 4.90 Å². The molecule has 148 valence electrons. The zero-order chi connectivity index (χ0) is 20.7. The van der Waals surface area contributed by atoms with Crippen LogP contribution in [0.3, 0.4) is 0 Å². The molecular formula is C23H20ClNO4. The Bertz CT molecular complexity index is 1070. The molecule has 0 radical (unpaired) electrons. The maximum Gasteiger partial charge on any atom is 0.335 e. The summed E-state index contributed by atoms with van der Waals surface area (Å²) < 4.78 is 0. The fourth-order valence-electron chi connectivity index (χ4n) is 4.26. The number of carbonyl (C=O) groups is 3. The van der Waals surface area contributed by atoms with E-state index >= 15 is 0 Å². The molecule has 2 aliphatic rings. The smallest absolute Gasteiger partial charge is 0.335 e.